The SMILES string of the molecule is C1=CCC2C(=C1)c1cccc3c4ccccc4n2c13.CC. The average Bonchev–Trinajstić information content (AvgIpc) is 3.09. The van der Waals surface area contributed by atoms with Gasteiger partial charge in [-0.1, -0.05) is 68.5 Å². The first-order valence-corrected chi connectivity index (χ1v) is 7.84. The van der Waals surface area contributed by atoms with E-state index < -0.39 is 0 Å². The number of allylic oxidation sites excluding steroid dienone is 4. The number of hydrogen-bond donors (Lipinski definition) is 0. The van der Waals surface area contributed by atoms with Crippen LogP contribution in [0.4, 0.5) is 0 Å². The van der Waals surface area contributed by atoms with Gasteiger partial charge in [0.25, 0.3) is 0 Å². The van der Waals surface area contributed by atoms with Gasteiger partial charge < -0.3 is 4.57 Å². The lowest BCUT2D eigenvalue weighted by Gasteiger charge is -2.18. The monoisotopic (exact) mass is 273 g/mol. The number of nitrogens with zero attached hydrogens (tertiary/aromatic N) is 1. The highest BCUT2D eigenvalue weighted by molar-refractivity contribution is 6.14. The van der Waals surface area contributed by atoms with E-state index in [1.165, 1.54) is 32.9 Å². The van der Waals surface area contributed by atoms with E-state index in [9.17, 15) is 0 Å². The Morgan fingerprint density at radius 3 is 2.67 bits per heavy atom. The fourth-order valence-corrected chi connectivity index (χ4v) is 3.74. The van der Waals surface area contributed by atoms with E-state index in [0.717, 1.165) is 6.42 Å². The predicted molar refractivity (Wildman–Crippen MR) is 91.6 cm³/mol. The van der Waals surface area contributed by atoms with E-state index >= 15 is 0 Å². The molecule has 2 heterocycles. The van der Waals surface area contributed by atoms with Crippen molar-refractivity contribution >= 4 is 27.4 Å². The van der Waals surface area contributed by atoms with Crippen LogP contribution in [0.5, 0.6) is 0 Å². The van der Waals surface area contributed by atoms with Crippen LogP contribution in [0.2, 0.25) is 0 Å². The molecule has 0 saturated carbocycles. The van der Waals surface area contributed by atoms with Crippen molar-refractivity contribution in [1.29, 1.82) is 0 Å². The van der Waals surface area contributed by atoms with Gasteiger partial charge in [-0.2, -0.15) is 0 Å². The van der Waals surface area contributed by atoms with Gasteiger partial charge in [-0.15, -0.1) is 0 Å². The zero-order valence-corrected chi connectivity index (χ0v) is 12.5. The summed E-state index contributed by atoms with van der Waals surface area (Å²) in [6.07, 6.45) is 7.86. The highest BCUT2D eigenvalue weighted by Gasteiger charge is 2.31. The van der Waals surface area contributed by atoms with Crippen LogP contribution < -0.4 is 0 Å². The first-order chi connectivity index (χ1) is 10.4. The van der Waals surface area contributed by atoms with Crippen molar-refractivity contribution in [2.24, 2.45) is 0 Å². The quantitative estimate of drug-likeness (QED) is 0.493. The molecule has 2 aromatic carbocycles. The Labute approximate surface area is 125 Å². The van der Waals surface area contributed by atoms with Gasteiger partial charge >= 0.3 is 0 Å². The third-order valence-corrected chi connectivity index (χ3v) is 4.48. The van der Waals surface area contributed by atoms with E-state index in [-0.39, 0.29) is 0 Å². The lowest BCUT2D eigenvalue weighted by atomic mass is 9.94. The van der Waals surface area contributed by atoms with Gasteiger partial charge in [-0.25, -0.2) is 0 Å². The molecule has 104 valence electrons. The molecule has 21 heavy (non-hydrogen) atoms. The Bertz CT molecular complexity index is 893. The molecule has 1 aliphatic carbocycles. The third kappa shape index (κ3) is 1.52. The number of benzene rings is 2. The van der Waals surface area contributed by atoms with Crippen LogP contribution in [0.3, 0.4) is 0 Å². The molecule has 3 aromatic rings. The summed E-state index contributed by atoms with van der Waals surface area (Å²) in [5.41, 5.74) is 5.69. The molecule has 0 bridgehead atoms. The molecule has 0 radical (unpaired) electrons. The minimum Gasteiger partial charge on any atom is -0.332 e. The molecular formula is C20H19N. The van der Waals surface area contributed by atoms with Gasteiger partial charge in [-0.05, 0) is 18.1 Å². The van der Waals surface area contributed by atoms with Gasteiger partial charge in [0.15, 0.2) is 0 Å². The maximum Gasteiger partial charge on any atom is 0.0633 e. The van der Waals surface area contributed by atoms with Crippen molar-refractivity contribution in [1.82, 2.24) is 4.57 Å². The molecule has 0 saturated heterocycles. The van der Waals surface area contributed by atoms with Gasteiger partial charge in [0.1, 0.15) is 0 Å². The summed E-state index contributed by atoms with van der Waals surface area (Å²) in [5.74, 6) is 0. The molecule has 0 N–H and O–H groups in total. The molecule has 0 spiro atoms. The smallest absolute Gasteiger partial charge is 0.0633 e. The maximum absolute atomic E-state index is 2.54. The Balaban J connectivity index is 0.000000555. The van der Waals surface area contributed by atoms with Crippen molar-refractivity contribution in [3.63, 3.8) is 0 Å². The second kappa shape index (κ2) is 4.63. The fourth-order valence-electron chi connectivity index (χ4n) is 3.74. The van der Waals surface area contributed by atoms with E-state index in [0.29, 0.717) is 6.04 Å². The van der Waals surface area contributed by atoms with Crippen LogP contribution in [-0.4, -0.2) is 4.57 Å². The zero-order chi connectivity index (χ0) is 14.4. The minimum atomic E-state index is 0.491. The van der Waals surface area contributed by atoms with Crippen LogP contribution >= 0.6 is 0 Å². The summed E-state index contributed by atoms with van der Waals surface area (Å²) >= 11 is 0. The average molecular weight is 273 g/mol. The molecule has 1 aromatic heterocycles. The van der Waals surface area contributed by atoms with Crippen LogP contribution in [0.25, 0.3) is 27.4 Å². The Hall–Kier alpha value is -2.28. The van der Waals surface area contributed by atoms with E-state index in [4.69, 9.17) is 0 Å². The highest BCUT2D eigenvalue weighted by atomic mass is 15.0. The Kier molecular flexibility index (Phi) is 2.75. The number of para-hydroxylation sites is 2. The third-order valence-electron chi connectivity index (χ3n) is 4.48. The Morgan fingerprint density at radius 2 is 1.76 bits per heavy atom. The number of fused-ring (bicyclic) bond motifs is 6. The first kappa shape index (κ1) is 12.5. The summed E-state index contributed by atoms with van der Waals surface area (Å²) in [6.45, 7) is 4.00. The molecule has 1 heteroatoms. The van der Waals surface area contributed by atoms with Crippen LogP contribution in [0.1, 0.15) is 31.9 Å². The standard InChI is InChI=1S/C18H13N.C2H6/c1-3-10-16-12(6-1)14-8-5-9-15-13-7-2-4-11-17(13)19(16)18(14)15;1-2/h1-10,17H,11H2;1-2H3. The molecule has 1 aliphatic heterocycles. The Morgan fingerprint density at radius 1 is 0.952 bits per heavy atom. The second-order valence-electron chi connectivity index (χ2n) is 5.39. The van der Waals surface area contributed by atoms with E-state index in [2.05, 4.69) is 65.3 Å². The highest BCUT2D eigenvalue weighted by Crippen LogP contribution is 2.48. The summed E-state index contributed by atoms with van der Waals surface area (Å²) in [4.78, 5) is 0. The number of hydrogen-bond acceptors (Lipinski definition) is 0. The van der Waals surface area contributed by atoms with Gasteiger partial charge in [0, 0.05) is 21.9 Å². The minimum absolute atomic E-state index is 0.491. The largest absolute Gasteiger partial charge is 0.332 e. The fraction of sp³-hybridized carbons (Fsp3) is 0.200. The lowest BCUT2D eigenvalue weighted by molar-refractivity contribution is 0.684. The van der Waals surface area contributed by atoms with Gasteiger partial charge in [0.05, 0.1) is 11.6 Å². The molecule has 1 nitrogen and oxygen atoms in total. The van der Waals surface area contributed by atoms with Crippen LogP contribution in [0.15, 0.2) is 60.7 Å². The second-order valence-corrected chi connectivity index (χ2v) is 5.39. The lowest BCUT2D eigenvalue weighted by Crippen LogP contribution is -2.05. The summed E-state index contributed by atoms with van der Waals surface area (Å²) < 4.78 is 2.54. The van der Waals surface area contributed by atoms with Crippen molar-refractivity contribution in [2.75, 3.05) is 0 Å². The van der Waals surface area contributed by atoms with Crippen molar-refractivity contribution < 1.29 is 0 Å². The topological polar surface area (TPSA) is 4.93 Å². The molecular weight excluding hydrogens is 254 g/mol. The van der Waals surface area contributed by atoms with Gasteiger partial charge in [0.2, 0.25) is 0 Å². The molecule has 1 atom stereocenters. The molecule has 0 fully saturated rings. The van der Waals surface area contributed by atoms with Crippen LogP contribution in [-0.2, 0) is 0 Å². The summed E-state index contributed by atoms with van der Waals surface area (Å²) in [7, 11) is 0. The number of rotatable bonds is 0. The van der Waals surface area contributed by atoms with E-state index in [1.54, 1.807) is 0 Å². The molecule has 5 rings (SSSR count). The maximum atomic E-state index is 2.54. The number of aromatic nitrogens is 1. The predicted octanol–water partition coefficient (Wildman–Crippen LogP) is 5.72. The van der Waals surface area contributed by atoms with Crippen molar-refractivity contribution in [3.8, 4) is 0 Å². The molecule has 1 unspecified atom stereocenters. The zero-order valence-electron chi connectivity index (χ0n) is 12.5. The molecule has 2 aliphatic rings. The van der Waals surface area contributed by atoms with Crippen molar-refractivity contribution in [2.45, 2.75) is 26.3 Å². The normalized spacial score (nSPS) is 18.4. The van der Waals surface area contributed by atoms with E-state index in [1.807, 2.05) is 13.8 Å². The first-order valence-electron chi connectivity index (χ1n) is 7.84. The summed E-state index contributed by atoms with van der Waals surface area (Å²) in [5, 5.41) is 2.77. The van der Waals surface area contributed by atoms with Crippen molar-refractivity contribution in [3.05, 3.63) is 66.3 Å². The summed E-state index contributed by atoms with van der Waals surface area (Å²) in [6, 6.07) is 16.0. The van der Waals surface area contributed by atoms with Crippen LogP contribution in [0, 0.1) is 0 Å². The van der Waals surface area contributed by atoms with Gasteiger partial charge in [-0.3, -0.25) is 0 Å². The molecule has 0 amide bonds.